The van der Waals surface area contributed by atoms with Crippen molar-refractivity contribution in [3.63, 3.8) is 0 Å². The number of benzene rings is 1. The number of pyridine rings is 1. The molecule has 0 saturated heterocycles. The third-order valence-corrected chi connectivity index (χ3v) is 4.15. The molecule has 1 N–H and O–H groups in total. The molecule has 1 atom stereocenters. The minimum absolute atomic E-state index is 0.144. The zero-order valence-corrected chi connectivity index (χ0v) is 16.7. The van der Waals surface area contributed by atoms with E-state index in [2.05, 4.69) is 10.3 Å². The number of amides is 1. The van der Waals surface area contributed by atoms with Crippen molar-refractivity contribution in [2.45, 2.75) is 46.3 Å². The molecule has 28 heavy (non-hydrogen) atoms. The van der Waals surface area contributed by atoms with Crippen LogP contribution in [0.2, 0.25) is 0 Å². The number of rotatable bonds is 3. The highest BCUT2D eigenvalue weighted by atomic mass is 16.6. The number of fused-ring (bicyclic) bond motifs is 1. The van der Waals surface area contributed by atoms with Crippen LogP contribution in [0.5, 0.6) is 0 Å². The van der Waals surface area contributed by atoms with Gasteiger partial charge in [0.25, 0.3) is 0 Å². The van der Waals surface area contributed by atoms with Crippen molar-refractivity contribution < 1.29 is 13.9 Å². The fourth-order valence-corrected chi connectivity index (χ4v) is 2.97. The molecule has 0 aliphatic carbocycles. The number of nitrogens with zero attached hydrogens (tertiary/aromatic N) is 1. The van der Waals surface area contributed by atoms with Crippen LogP contribution in [0.3, 0.4) is 0 Å². The smallest absolute Gasteiger partial charge is 0.408 e. The summed E-state index contributed by atoms with van der Waals surface area (Å²) in [6, 6.07) is 8.35. The van der Waals surface area contributed by atoms with E-state index in [-0.39, 0.29) is 5.43 Å². The highest BCUT2D eigenvalue weighted by molar-refractivity contribution is 5.83. The number of aromatic nitrogens is 1. The maximum absolute atomic E-state index is 12.7. The van der Waals surface area contributed by atoms with Crippen LogP contribution in [-0.4, -0.2) is 16.7 Å². The van der Waals surface area contributed by atoms with Crippen molar-refractivity contribution >= 4 is 17.1 Å². The summed E-state index contributed by atoms with van der Waals surface area (Å²) in [6.07, 6.45) is 2.77. The summed E-state index contributed by atoms with van der Waals surface area (Å²) in [4.78, 5) is 29.0. The second kappa shape index (κ2) is 7.46. The SMILES string of the molecule is Cc1cc([C@@H](C)NC(=O)OC(C)(C)C)c2oc(-c3cccnc3)cc(=O)c2c1. The van der Waals surface area contributed by atoms with E-state index in [9.17, 15) is 9.59 Å². The van der Waals surface area contributed by atoms with Gasteiger partial charge < -0.3 is 14.5 Å². The molecule has 0 saturated carbocycles. The lowest BCUT2D eigenvalue weighted by atomic mass is 10.0. The number of alkyl carbamates (subject to hydrolysis) is 1. The molecule has 6 heteroatoms. The van der Waals surface area contributed by atoms with Crippen LogP contribution in [0, 0.1) is 6.92 Å². The molecule has 0 spiro atoms. The van der Waals surface area contributed by atoms with Crippen molar-refractivity contribution in [1.29, 1.82) is 0 Å². The lowest BCUT2D eigenvalue weighted by Crippen LogP contribution is -2.34. The molecular weight excluding hydrogens is 356 g/mol. The van der Waals surface area contributed by atoms with Crippen molar-refractivity contribution in [2.24, 2.45) is 0 Å². The number of carbonyl (C=O) groups excluding carboxylic acids is 1. The van der Waals surface area contributed by atoms with Gasteiger partial charge in [0.15, 0.2) is 5.43 Å². The maximum atomic E-state index is 12.7. The third-order valence-electron chi connectivity index (χ3n) is 4.15. The standard InChI is InChI=1S/C22H24N2O4/c1-13-9-16(14(2)24-21(26)28-22(3,4)5)20-17(10-13)18(25)11-19(27-20)15-7-6-8-23-12-15/h6-12,14H,1-5H3,(H,24,26)/t14-/m1/s1. The van der Waals surface area contributed by atoms with Crippen molar-refractivity contribution in [3.8, 4) is 11.3 Å². The van der Waals surface area contributed by atoms with E-state index in [1.807, 2.05) is 26.0 Å². The molecule has 0 aliphatic heterocycles. The first-order valence-corrected chi connectivity index (χ1v) is 9.12. The van der Waals surface area contributed by atoms with E-state index < -0.39 is 17.7 Å². The Morgan fingerprint density at radius 2 is 2.00 bits per heavy atom. The molecular formula is C22H24N2O4. The summed E-state index contributed by atoms with van der Waals surface area (Å²) in [5.41, 5.74) is 2.03. The summed E-state index contributed by atoms with van der Waals surface area (Å²) in [6.45, 7) is 9.14. The first kappa shape index (κ1) is 19.6. The Labute approximate surface area is 163 Å². The maximum Gasteiger partial charge on any atom is 0.408 e. The fourth-order valence-electron chi connectivity index (χ4n) is 2.97. The molecule has 0 radical (unpaired) electrons. The fraction of sp³-hybridized carbons (Fsp3) is 0.318. The van der Waals surface area contributed by atoms with Crippen LogP contribution in [0.15, 0.2) is 51.9 Å². The zero-order chi connectivity index (χ0) is 20.5. The Morgan fingerprint density at radius 1 is 1.25 bits per heavy atom. The van der Waals surface area contributed by atoms with Gasteiger partial charge in [-0.2, -0.15) is 0 Å². The molecule has 6 nitrogen and oxygen atoms in total. The minimum atomic E-state index is -0.599. The Bertz CT molecular complexity index is 1070. The number of hydrogen-bond acceptors (Lipinski definition) is 5. The number of carbonyl (C=O) groups is 1. The first-order valence-electron chi connectivity index (χ1n) is 9.12. The number of nitrogens with one attached hydrogen (secondary N) is 1. The second-order valence-corrected chi connectivity index (χ2v) is 7.82. The van der Waals surface area contributed by atoms with Gasteiger partial charge in [0.2, 0.25) is 0 Å². The second-order valence-electron chi connectivity index (χ2n) is 7.82. The zero-order valence-electron chi connectivity index (χ0n) is 16.7. The predicted octanol–water partition coefficient (Wildman–Crippen LogP) is 4.75. The number of ether oxygens (including phenoxy) is 1. The third kappa shape index (κ3) is 4.39. The minimum Gasteiger partial charge on any atom is -0.455 e. The van der Waals surface area contributed by atoms with Gasteiger partial charge in [0, 0.05) is 29.6 Å². The van der Waals surface area contributed by atoms with Crippen LogP contribution < -0.4 is 10.7 Å². The Morgan fingerprint density at radius 3 is 2.64 bits per heavy atom. The van der Waals surface area contributed by atoms with E-state index >= 15 is 0 Å². The van der Waals surface area contributed by atoms with Gasteiger partial charge in [-0.05, 0) is 58.4 Å². The Balaban J connectivity index is 2.07. The van der Waals surface area contributed by atoms with Crippen molar-refractivity contribution in [3.05, 3.63) is 64.1 Å². The quantitative estimate of drug-likeness (QED) is 0.709. The first-order chi connectivity index (χ1) is 13.1. The predicted molar refractivity (Wildman–Crippen MR) is 108 cm³/mol. The van der Waals surface area contributed by atoms with Gasteiger partial charge in [0.1, 0.15) is 16.9 Å². The molecule has 0 bridgehead atoms. The lowest BCUT2D eigenvalue weighted by molar-refractivity contribution is 0.0508. The molecule has 0 aliphatic rings. The Kier molecular flexibility index (Phi) is 5.23. The number of hydrogen-bond donors (Lipinski definition) is 1. The molecule has 2 heterocycles. The van der Waals surface area contributed by atoms with Crippen LogP contribution in [-0.2, 0) is 4.74 Å². The van der Waals surface area contributed by atoms with E-state index in [0.29, 0.717) is 27.9 Å². The highest BCUT2D eigenvalue weighted by Gasteiger charge is 2.21. The molecule has 0 fully saturated rings. The van der Waals surface area contributed by atoms with Crippen molar-refractivity contribution in [1.82, 2.24) is 10.3 Å². The average molecular weight is 380 g/mol. The van der Waals surface area contributed by atoms with Gasteiger partial charge in [0.05, 0.1) is 11.4 Å². The normalized spacial score (nSPS) is 12.6. The van der Waals surface area contributed by atoms with Gasteiger partial charge >= 0.3 is 6.09 Å². The lowest BCUT2D eigenvalue weighted by Gasteiger charge is -2.22. The summed E-state index contributed by atoms with van der Waals surface area (Å²) in [7, 11) is 0. The molecule has 2 aromatic heterocycles. The molecule has 1 aromatic carbocycles. The van der Waals surface area contributed by atoms with Crippen LogP contribution in [0.25, 0.3) is 22.3 Å². The van der Waals surface area contributed by atoms with Gasteiger partial charge in [-0.3, -0.25) is 9.78 Å². The van der Waals surface area contributed by atoms with Crippen LogP contribution in [0.1, 0.15) is 44.9 Å². The molecule has 146 valence electrons. The van der Waals surface area contributed by atoms with E-state index in [1.165, 1.54) is 6.07 Å². The number of aryl methyl sites for hydroxylation is 1. The van der Waals surface area contributed by atoms with Crippen molar-refractivity contribution in [2.75, 3.05) is 0 Å². The van der Waals surface area contributed by atoms with Gasteiger partial charge in [-0.1, -0.05) is 6.07 Å². The van der Waals surface area contributed by atoms with E-state index in [1.54, 1.807) is 45.3 Å². The molecule has 3 rings (SSSR count). The van der Waals surface area contributed by atoms with Crippen LogP contribution in [0.4, 0.5) is 4.79 Å². The Hall–Kier alpha value is -3.15. The molecule has 1 amide bonds. The summed E-state index contributed by atoms with van der Waals surface area (Å²) in [5, 5.41) is 3.29. The van der Waals surface area contributed by atoms with E-state index in [0.717, 1.165) is 5.56 Å². The monoisotopic (exact) mass is 380 g/mol. The largest absolute Gasteiger partial charge is 0.455 e. The summed E-state index contributed by atoms with van der Waals surface area (Å²) < 4.78 is 11.4. The van der Waals surface area contributed by atoms with Gasteiger partial charge in [-0.25, -0.2) is 4.79 Å². The average Bonchev–Trinajstić information content (AvgIpc) is 2.60. The topological polar surface area (TPSA) is 81.4 Å². The van der Waals surface area contributed by atoms with Crippen LogP contribution >= 0.6 is 0 Å². The highest BCUT2D eigenvalue weighted by Crippen LogP contribution is 2.28. The van der Waals surface area contributed by atoms with Gasteiger partial charge in [-0.15, -0.1) is 0 Å². The molecule has 0 unspecified atom stereocenters. The van der Waals surface area contributed by atoms with E-state index in [4.69, 9.17) is 9.15 Å². The summed E-state index contributed by atoms with van der Waals surface area (Å²) >= 11 is 0. The summed E-state index contributed by atoms with van der Waals surface area (Å²) in [5.74, 6) is 0.431. The molecule has 3 aromatic rings.